The van der Waals surface area contributed by atoms with Crippen molar-refractivity contribution in [1.29, 1.82) is 0 Å². The molecule has 1 aliphatic rings. The first-order valence-corrected chi connectivity index (χ1v) is 8.45. The molecule has 0 bridgehead atoms. The van der Waals surface area contributed by atoms with E-state index in [9.17, 15) is 18.0 Å². The Labute approximate surface area is 154 Å². The number of nitrogens with two attached hydrogens (primary N) is 2. The van der Waals surface area contributed by atoms with Gasteiger partial charge in [0.2, 0.25) is 5.91 Å². The Bertz CT molecular complexity index is 899. The van der Waals surface area contributed by atoms with Gasteiger partial charge >= 0.3 is 0 Å². The minimum absolute atomic E-state index is 0.0757. The average Bonchev–Trinajstić information content (AvgIpc) is 2.64. The summed E-state index contributed by atoms with van der Waals surface area (Å²) in [7, 11) is 0. The molecule has 7 heteroatoms. The zero-order valence-electron chi connectivity index (χ0n) is 14.4. The summed E-state index contributed by atoms with van der Waals surface area (Å²) in [6, 6.07) is 7.47. The van der Waals surface area contributed by atoms with Gasteiger partial charge < -0.3 is 16.2 Å². The smallest absolute Gasteiger partial charge is 0.248 e. The molecule has 0 fully saturated rings. The second-order valence-electron chi connectivity index (χ2n) is 6.54. The minimum atomic E-state index is -1.22. The number of primary amides is 1. The summed E-state index contributed by atoms with van der Waals surface area (Å²) >= 11 is 0. The summed E-state index contributed by atoms with van der Waals surface area (Å²) in [6.45, 7) is 0.253. The molecular weight excluding hydrogens is 357 g/mol. The quantitative estimate of drug-likeness (QED) is 0.620. The second kappa shape index (κ2) is 7.84. The zero-order valence-corrected chi connectivity index (χ0v) is 14.4. The van der Waals surface area contributed by atoms with Gasteiger partial charge in [-0.1, -0.05) is 12.1 Å². The predicted octanol–water partition coefficient (Wildman–Crippen LogP) is 3.41. The van der Waals surface area contributed by atoms with Crippen LogP contribution in [-0.4, -0.2) is 18.6 Å². The van der Waals surface area contributed by atoms with Gasteiger partial charge in [0.05, 0.1) is 0 Å². The summed E-state index contributed by atoms with van der Waals surface area (Å²) in [5.74, 6) is -3.60. The van der Waals surface area contributed by atoms with Gasteiger partial charge in [0.15, 0.2) is 11.6 Å². The van der Waals surface area contributed by atoms with Gasteiger partial charge in [0, 0.05) is 23.6 Å². The summed E-state index contributed by atoms with van der Waals surface area (Å²) in [6.07, 6.45) is 2.69. The van der Waals surface area contributed by atoms with Crippen molar-refractivity contribution in [2.45, 2.75) is 24.8 Å². The highest BCUT2D eigenvalue weighted by atomic mass is 19.2. The van der Waals surface area contributed by atoms with Crippen molar-refractivity contribution >= 4 is 5.91 Å². The average molecular weight is 376 g/mol. The predicted molar refractivity (Wildman–Crippen MR) is 94.8 cm³/mol. The molecule has 4 nitrogen and oxygen atoms in total. The number of rotatable bonds is 5. The maximum absolute atomic E-state index is 14.0. The van der Waals surface area contributed by atoms with Crippen LogP contribution in [0, 0.1) is 17.5 Å². The van der Waals surface area contributed by atoms with Crippen molar-refractivity contribution in [3.63, 3.8) is 0 Å². The molecular formula is C20H19F3N2O2. The molecule has 2 atom stereocenters. The lowest BCUT2D eigenvalue weighted by Gasteiger charge is -2.29. The lowest BCUT2D eigenvalue weighted by Crippen LogP contribution is -2.33. The van der Waals surface area contributed by atoms with Crippen LogP contribution < -0.4 is 16.2 Å². The molecule has 27 heavy (non-hydrogen) atoms. The van der Waals surface area contributed by atoms with Crippen LogP contribution in [0.4, 0.5) is 13.2 Å². The third-order valence-electron chi connectivity index (χ3n) is 4.66. The van der Waals surface area contributed by atoms with E-state index >= 15 is 0 Å². The first kappa shape index (κ1) is 19.0. The number of allylic oxidation sites excluding steroid dienone is 1. The van der Waals surface area contributed by atoms with Gasteiger partial charge in [0.1, 0.15) is 18.2 Å². The van der Waals surface area contributed by atoms with E-state index in [0.29, 0.717) is 30.2 Å². The third-order valence-corrected chi connectivity index (χ3v) is 4.66. The monoisotopic (exact) mass is 376 g/mol. The summed E-state index contributed by atoms with van der Waals surface area (Å²) in [5.41, 5.74) is 12.7. The molecule has 2 aromatic carbocycles. The van der Waals surface area contributed by atoms with Crippen LogP contribution in [0.25, 0.3) is 0 Å². The van der Waals surface area contributed by atoms with Crippen LogP contribution in [0.1, 0.15) is 34.7 Å². The molecule has 0 aliphatic heterocycles. The molecule has 0 unspecified atom stereocenters. The van der Waals surface area contributed by atoms with Crippen molar-refractivity contribution in [3.05, 3.63) is 76.6 Å². The number of hydrogen-bond donors (Lipinski definition) is 2. The van der Waals surface area contributed by atoms with Crippen molar-refractivity contribution in [2.75, 3.05) is 6.61 Å². The fourth-order valence-corrected chi connectivity index (χ4v) is 3.21. The second-order valence-corrected chi connectivity index (χ2v) is 6.54. The SMILES string of the molecule is NC(=O)c1cccc(OCC2=CC[C@@H](c3cc(F)c(F)cc3F)[C@H](N)C2)c1. The van der Waals surface area contributed by atoms with Crippen LogP contribution in [0.5, 0.6) is 5.75 Å². The summed E-state index contributed by atoms with van der Waals surface area (Å²) in [4.78, 5) is 11.2. The van der Waals surface area contributed by atoms with Crippen LogP contribution >= 0.6 is 0 Å². The van der Waals surface area contributed by atoms with Crippen LogP contribution in [-0.2, 0) is 0 Å². The van der Waals surface area contributed by atoms with E-state index in [2.05, 4.69) is 0 Å². The Balaban J connectivity index is 1.68. The van der Waals surface area contributed by atoms with Gasteiger partial charge in [-0.25, -0.2) is 13.2 Å². The number of ether oxygens (including phenoxy) is 1. The van der Waals surface area contributed by atoms with E-state index in [0.717, 1.165) is 11.6 Å². The lowest BCUT2D eigenvalue weighted by molar-refractivity contribution is 0.1000. The van der Waals surface area contributed by atoms with Gasteiger partial charge in [0.25, 0.3) is 0 Å². The van der Waals surface area contributed by atoms with Gasteiger partial charge in [-0.15, -0.1) is 0 Å². The molecule has 0 radical (unpaired) electrons. The van der Waals surface area contributed by atoms with E-state index in [1.807, 2.05) is 6.08 Å². The number of carbonyl (C=O) groups excluding carboxylic acids is 1. The molecule has 142 valence electrons. The van der Waals surface area contributed by atoms with Crippen molar-refractivity contribution < 1.29 is 22.7 Å². The number of hydrogen-bond acceptors (Lipinski definition) is 3. The fraction of sp³-hybridized carbons (Fsp3) is 0.250. The standard InChI is InChI=1S/C20H19F3N2O2/c21-16-9-18(23)17(22)8-15(16)14-5-4-11(6-19(14)24)10-27-13-3-1-2-12(7-13)20(25)26/h1-4,7-9,14,19H,5-6,10,24H2,(H2,25,26)/t14-,19+/m0/s1. The first-order valence-electron chi connectivity index (χ1n) is 8.45. The zero-order chi connectivity index (χ0) is 19.6. The highest BCUT2D eigenvalue weighted by molar-refractivity contribution is 5.93. The maximum Gasteiger partial charge on any atom is 0.248 e. The number of benzene rings is 2. The first-order chi connectivity index (χ1) is 12.8. The molecule has 0 heterocycles. The Morgan fingerprint density at radius 2 is 1.85 bits per heavy atom. The molecule has 0 spiro atoms. The Morgan fingerprint density at radius 3 is 2.56 bits per heavy atom. The topological polar surface area (TPSA) is 78.3 Å². The lowest BCUT2D eigenvalue weighted by atomic mass is 9.81. The molecule has 0 saturated carbocycles. The normalized spacial score (nSPS) is 19.5. The largest absolute Gasteiger partial charge is 0.489 e. The molecule has 0 aromatic heterocycles. The summed E-state index contributed by atoms with van der Waals surface area (Å²) in [5, 5.41) is 0. The Hall–Kier alpha value is -2.80. The molecule has 2 aromatic rings. The van der Waals surface area contributed by atoms with Crippen LogP contribution in [0.3, 0.4) is 0 Å². The molecule has 3 rings (SSSR count). The minimum Gasteiger partial charge on any atom is -0.489 e. The van der Waals surface area contributed by atoms with Crippen molar-refractivity contribution in [3.8, 4) is 5.75 Å². The summed E-state index contributed by atoms with van der Waals surface area (Å²) < 4.78 is 46.3. The molecule has 0 saturated heterocycles. The van der Waals surface area contributed by atoms with E-state index in [-0.39, 0.29) is 12.2 Å². The van der Waals surface area contributed by atoms with Gasteiger partial charge in [-0.05, 0) is 48.2 Å². The number of amides is 1. The van der Waals surface area contributed by atoms with Gasteiger partial charge in [-0.2, -0.15) is 0 Å². The van der Waals surface area contributed by atoms with Crippen LogP contribution in [0.15, 0.2) is 48.0 Å². The van der Waals surface area contributed by atoms with E-state index < -0.39 is 35.3 Å². The molecule has 1 aliphatic carbocycles. The maximum atomic E-state index is 14.0. The van der Waals surface area contributed by atoms with E-state index in [1.54, 1.807) is 24.3 Å². The van der Waals surface area contributed by atoms with Crippen molar-refractivity contribution in [1.82, 2.24) is 0 Å². The number of carbonyl (C=O) groups is 1. The third kappa shape index (κ3) is 4.31. The molecule has 1 amide bonds. The van der Waals surface area contributed by atoms with E-state index in [4.69, 9.17) is 16.2 Å². The number of halogens is 3. The fourth-order valence-electron chi connectivity index (χ4n) is 3.21. The highest BCUT2D eigenvalue weighted by Gasteiger charge is 2.28. The van der Waals surface area contributed by atoms with E-state index in [1.165, 1.54) is 0 Å². The van der Waals surface area contributed by atoms with Gasteiger partial charge in [-0.3, -0.25) is 4.79 Å². The Kier molecular flexibility index (Phi) is 5.51. The Morgan fingerprint density at radius 1 is 1.11 bits per heavy atom. The molecule has 4 N–H and O–H groups in total. The highest BCUT2D eigenvalue weighted by Crippen LogP contribution is 2.34. The van der Waals surface area contributed by atoms with Crippen LogP contribution in [0.2, 0.25) is 0 Å². The van der Waals surface area contributed by atoms with Crippen molar-refractivity contribution in [2.24, 2.45) is 11.5 Å².